The summed E-state index contributed by atoms with van der Waals surface area (Å²) in [5.41, 5.74) is 1.17. The number of nitrogens with zero attached hydrogens (tertiary/aromatic N) is 3. The first-order chi connectivity index (χ1) is 13.1. The van der Waals surface area contributed by atoms with Crippen LogP contribution in [0.2, 0.25) is 0 Å². The molecule has 1 saturated carbocycles. The van der Waals surface area contributed by atoms with Gasteiger partial charge in [-0.2, -0.15) is 0 Å². The Morgan fingerprint density at radius 3 is 2.75 bits per heavy atom. The number of ether oxygens (including phenoxy) is 1. The first-order valence-electron chi connectivity index (χ1n) is 10.1. The minimum absolute atomic E-state index is 0. The van der Waals surface area contributed by atoms with Crippen molar-refractivity contribution in [3.63, 3.8) is 0 Å². The molecule has 2 heterocycles. The third kappa shape index (κ3) is 4.90. The largest absolute Gasteiger partial charge is 0.493 e. The molecule has 1 aromatic rings. The van der Waals surface area contributed by atoms with E-state index in [0.29, 0.717) is 6.61 Å². The van der Waals surface area contributed by atoms with Gasteiger partial charge in [-0.25, -0.2) is 4.99 Å². The average molecular weight is 498 g/mol. The Hall–Kier alpha value is -1.51. The van der Waals surface area contributed by atoms with Gasteiger partial charge in [-0.3, -0.25) is 4.79 Å². The third-order valence-electron chi connectivity index (χ3n) is 5.94. The molecule has 0 spiro atoms. The van der Waals surface area contributed by atoms with Gasteiger partial charge in [-0.05, 0) is 37.2 Å². The second-order valence-corrected chi connectivity index (χ2v) is 8.13. The van der Waals surface area contributed by atoms with Gasteiger partial charge in [0, 0.05) is 39.2 Å². The summed E-state index contributed by atoms with van der Waals surface area (Å²) in [6, 6.07) is 8.36. The summed E-state index contributed by atoms with van der Waals surface area (Å²) in [5, 5.41) is 3.65. The highest BCUT2D eigenvalue weighted by molar-refractivity contribution is 14.0. The maximum Gasteiger partial charge on any atom is 0.243 e. The topological polar surface area (TPSA) is 57.2 Å². The monoisotopic (exact) mass is 498 g/mol. The van der Waals surface area contributed by atoms with Crippen LogP contribution in [-0.4, -0.2) is 62.0 Å². The van der Waals surface area contributed by atoms with Crippen LogP contribution in [0.15, 0.2) is 29.3 Å². The highest BCUT2D eigenvalue weighted by Gasteiger charge is 2.37. The van der Waals surface area contributed by atoms with Gasteiger partial charge in [0.1, 0.15) is 12.3 Å². The maximum atomic E-state index is 12.1. The number of carbonyl (C=O) groups is 1. The summed E-state index contributed by atoms with van der Waals surface area (Å²) in [6.45, 7) is 2.96. The van der Waals surface area contributed by atoms with Gasteiger partial charge in [0.25, 0.3) is 0 Å². The fourth-order valence-electron chi connectivity index (χ4n) is 4.10. The fraction of sp³-hybridized carbons (Fsp3) is 0.619. The number of rotatable bonds is 4. The van der Waals surface area contributed by atoms with E-state index in [-0.39, 0.29) is 42.5 Å². The van der Waals surface area contributed by atoms with Crippen molar-refractivity contribution in [2.75, 3.05) is 40.3 Å². The maximum absolute atomic E-state index is 12.1. The van der Waals surface area contributed by atoms with Crippen molar-refractivity contribution in [1.82, 2.24) is 15.1 Å². The molecule has 7 heteroatoms. The lowest BCUT2D eigenvalue weighted by atomic mass is 10.0. The zero-order valence-electron chi connectivity index (χ0n) is 16.8. The van der Waals surface area contributed by atoms with Crippen LogP contribution in [0.3, 0.4) is 0 Å². The lowest BCUT2D eigenvalue weighted by Gasteiger charge is -2.31. The van der Waals surface area contributed by atoms with Crippen molar-refractivity contribution < 1.29 is 9.53 Å². The molecule has 1 aromatic carbocycles. The molecule has 0 aromatic heterocycles. The molecule has 0 radical (unpaired) electrons. The third-order valence-corrected chi connectivity index (χ3v) is 5.94. The molecule has 3 aliphatic rings. The number of hydrogen-bond donors (Lipinski definition) is 1. The van der Waals surface area contributed by atoms with E-state index in [1.807, 2.05) is 18.2 Å². The second kappa shape index (κ2) is 9.33. The zero-order valence-corrected chi connectivity index (χ0v) is 19.1. The molecule has 2 aliphatic heterocycles. The Kier molecular flexibility index (Phi) is 7.06. The van der Waals surface area contributed by atoms with Crippen LogP contribution < -0.4 is 10.1 Å². The van der Waals surface area contributed by atoms with Crippen molar-refractivity contribution in [2.45, 2.75) is 31.7 Å². The van der Waals surface area contributed by atoms with Gasteiger partial charge in [-0.15, -0.1) is 24.0 Å². The molecule has 0 bridgehead atoms. The van der Waals surface area contributed by atoms with Crippen LogP contribution in [0, 0.1) is 11.8 Å². The molecule has 28 heavy (non-hydrogen) atoms. The van der Waals surface area contributed by atoms with Crippen molar-refractivity contribution in [3.05, 3.63) is 29.8 Å². The zero-order chi connectivity index (χ0) is 18.8. The Morgan fingerprint density at radius 2 is 2.00 bits per heavy atom. The van der Waals surface area contributed by atoms with E-state index in [2.05, 4.69) is 16.3 Å². The predicted molar refractivity (Wildman–Crippen MR) is 121 cm³/mol. The van der Waals surface area contributed by atoms with E-state index in [9.17, 15) is 4.79 Å². The van der Waals surface area contributed by atoms with Crippen molar-refractivity contribution in [3.8, 4) is 5.75 Å². The minimum Gasteiger partial charge on any atom is -0.493 e. The Balaban J connectivity index is 0.00000225. The second-order valence-electron chi connectivity index (χ2n) is 8.13. The standard InChI is InChI=1S/C21H30N4O2.HI/c1-24(2)20(26)13-22-21(25-11-9-16(14-25)15-7-8-15)23-18-10-12-27-19-6-4-3-5-17(18)19;/h3-6,15-16,18H,7-14H2,1-2H3,(H,22,23);1H. The molecule has 1 amide bonds. The molecule has 1 N–H and O–H groups in total. The van der Waals surface area contributed by atoms with E-state index in [4.69, 9.17) is 9.73 Å². The normalized spacial score (nSPS) is 24.1. The molecule has 2 unspecified atom stereocenters. The van der Waals surface area contributed by atoms with Gasteiger partial charge in [-0.1, -0.05) is 18.2 Å². The first-order valence-corrected chi connectivity index (χ1v) is 10.1. The number of benzene rings is 1. The van der Waals surface area contributed by atoms with E-state index in [1.165, 1.54) is 24.8 Å². The Bertz CT molecular complexity index is 720. The van der Waals surface area contributed by atoms with Crippen LogP contribution in [0.4, 0.5) is 0 Å². The van der Waals surface area contributed by atoms with Gasteiger partial charge in [0.2, 0.25) is 5.91 Å². The number of likely N-dealkylation sites (tertiary alicyclic amines) is 1. The lowest BCUT2D eigenvalue weighted by molar-refractivity contribution is -0.127. The van der Waals surface area contributed by atoms with Crippen molar-refractivity contribution in [1.29, 1.82) is 0 Å². The molecule has 2 fully saturated rings. The number of amides is 1. The van der Waals surface area contributed by atoms with E-state index >= 15 is 0 Å². The van der Waals surface area contributed by atoms with Gasteiger partial charge >= 0.3 is 0 Å². The number of likely N-dealkylation sites (N-methyl/N-ethyl adjacent to an activating group) is 1. The van der Waals surface area contributed by atoms with Crippen LogP contribution in [-0.2, 0) is 4.79 Å². The van der Waals surface area contributed by atoms with Crippen molar-refractivity contribution in [2.24, 2.45) is 16.8 Å². The predicted octanol–water partition coefficient (Wildman–Crippen LogP) is 2.89. The highest BCUT2D eigenvalue weighted by Crippen LogP contribution is 2.41. The SMILES string of the molecule is CN(C)C(=O)CN=C(NC1CCOc2ccccc21)N1CCC(C2CC2)C1.I. The quantitative estimate of drug-likeness (QED) is 0.394. The average Bonchev–Trinajstić information content (AvgIpc) is 3.42. The molecule has 2 atom stereocenters. The summed E-state index contributed by atoms with van der Waals surface area (Å²) in [6.07, 6.45) is 4.89. The van der Waals surface area contributed by atoms with Gasteiger partial charge in [0.15, 0.2) is 5.96 Å². The molecule has 6 nitrogen and oxygen atoms in total. The molecule has 154 valence electrons. The number of aliphatic imine (C=N–C) groups is 1. The highest BCUT2D eigenvalue weighted by atomic mass is 127. The van der Waals surface area contributed by atoms with E-state index in [1.54, 1.807) is 19.0 Å². The number of nitrogens with one attached hydrogen (secondary N) is 1. The number of halogens is 1. The molecule has 4 rings (SSSR count). The smallest absolute Gasteiger partial charge is 0.243 e. The Morgan fingerprint density at radius 1 is 1.21 bits per heavy atom. The number of carbonyl (C=O) groups excluding carboxylic acids is 1. The van der Waals surface area contributed by atoms with Crippen LogP contribution >= 0.6 is 24.0 Å². The first kappa shape index (κ1) is 21.2. The fourth-order valence-corrected chi connectivity index (χ4v) is 4.10. The van der Waals surface area contributed by atoms with Crippen molar-refractivity contribution >= 4 is 35.8 Å². The number of fused-ring (bicyclic) bond motifs is 1. The minimum atomic E-state index is 0. The van der Waals surface area contributed by atoms with Crippen LogP contribution in [0.5, 0.6) is 5.75 Å². The summed E-state index contributed by atoms with van der Waals surface area (Å²) in [5.74, 6) is 3.53. The summed E-state index contributed by atoms with van der Waals surface area (Å²) in [4.78, 5) is 20.7. The summed E-state index contributed by atoms with van der Waals surface area (Å²) in [7, 11) is 3.55. The van der Waals surface area contributed by atoms with E-state index in [0.717, 1.165) is 43.1 Å². The lowest BCUT2D eigenvalue weighted by Crippen LogP contribution is -2.43. The van der Waals surface area contributed by atoms with Crippen LogP contribution in [0.1, 0.15) is 37.3 Å². The molecule has 1 aliphatic carbocycles. The van der Waals surface area contributed by atoms with Gasteiger partial charge in [0.05, 0.1) is 12.6 Å². The number of para-hydroxylation sites is 1. The number of hydrogen-bond acceptors (Lipinski definition) is 3. The molecule has 1 saturated heterocycles. The van der Waals surface area contributed by atoms with Crippen LogP contribution in [0.25, 0.3) is 0 Å². The molecular formula is C21H31IN4O2. The van der Waals surface area contributed by atoms with E-state index < -0.39 is 0 Å². The number of guanidine groups is 1. The van der Waals surface area contributed by atoms with Gasteiger partial charge < -0.3 is 19.9 Å². The molecular weight excluding hydrogens is 467 g/mol. The Labute approximate surface area is 184 Å². The summed E-state index contributed by atoms with van der Waals surface area (Å²) >= 11 is 0. The summed E-state index contributed by atoms with van der Waals surface area (Å²) < 4.78 is 5.79.